The smallest absolute Gasteiger partial charge is 0.320 e. The van der Waals surface area contributed by atoms with Gasteiger partial charge in [0.25, 0.3) is 0 Å². The number of nitrogens with zero attached hydrogens (tertiary/aromatic N) is 3. The van der Waals surface area contributed by atoms with Gasteiger partial charge in [-0.3, -0.25) is 10.3 Å². The minimum absolute atomic E-state index is 0.332. The second-order valence-electron chi connectivity index (χ2n) is 5.12. The normalized spacial score (nSPS) is 10.5. The van der Waals surface area contributed by atoms with Crippen molar-refractivity contribution >= 4 is 23.0 Å². The first-order valence-corrected chi connectivity index (χ1v) is 7.63. The third-order valence-electron chi connectivity index (χ3n) is 3.42. The third kappa shape index (κ3) is 3.63. The van der Waals surface area contributed by atoms with E-state index >= 15 is 0 Å². The highest BCUT2D eigenvalue weighted by atomic mass is 19.1. The summed E-state index contributed by atoms with van der Waals surface area (Å²) in [4.78, 5) is 24.6. The maximum atomic E-state index is 13.6. The van der Waals surface area contributed by atoms with E-state index in [1.807, 2.05) is 6.92 Å². The summed E-state index contributed by atoms with van der Waals surface area (Å²) in [5, 5.41) is 5.23. The predicted molar refractivity (Wildman–Crippen MR) is 92.0 cm³/mol. The van der Waals surface area contributed by atoms with Crippen LogP contribution in [0.1, 0.15) is 6.92 Å². The van der Waals surface area contributed by atoms with Gasteiger partial charge in [-0.1, -0.05) is 0 Å². The van der Waals surface area contributed by atoms with Gasteiger partial charge in [0.05, 0.1) is 19.0 Å². The van der Waals surface area contributed by atoms with Crippen LogP contribution in [0.25, 0.3) is 22.4 Å². The maximum absolute atomic E-state index is 13.6. The fourth-order valence-electron chi connectivity index (χ4n) is 2.30. The molecule has 0 atom stereocenters. The van der Waals surface area contributed by atoms with Crippen molar-refractivity contribution < 1.29 is 13.9 Å². The van der Waals surface area contributed by atoms with Crippen LogP contribution in [-0.4, -0.2) is 34.6 Å². The van der Waals surface area contributed by atoms with Gasteiger partial charge in [-0.05, 0) is 37.3 Å². The van der Waals surface area contributed by atoms with E-state index in [-0.39, 0.29) is 6.03 Å². The Hall–Kier alpha value is -3.29. The van der Waals surface area contributed by atoms with Crippen LogP contribution >= 0.6 is 0 Å². The summed E-state index contributed by atoms with van der Waals surface area (Å²) in [6, 6.07) is 7.13. The zero-order valence-corrected chi connectivity index (χ0v) is 13.7. The first-order chi connectivity index (χ1) is 12.1. The van der Waals surface area contributed by atoms with E-state index in [2.05, 4.69) is 25.6 Å². The van der Waals surface area contributed by atoms with Gasteiger partial charge in [-0.25, -0.2) is 19.2 Å². The lowest BCUT2D eigenvalue weighted by Gasteiger charge is -2.09. The molecule has 1 aromatic carbocycles. The Bertz CT molecular complexity index is 932. The summed E-state index contributed by atoms with van der Waals surface area (Å²) in [5.41, 5.74) is 1.78. The molecule has 0 aliphatic heterocycles. The van der Waals surface area contributed by atoms with Gasteiger partial charge in [0.15, 0.2) is 5.65 Å². The molecule has 3 aromatic rings. The molecule has 128 valence electrons. The molecule has 25 heavy (non-hydrogen) atoms. The zero-order chi connectivity index (χ0) is 17.8. The SMILES string of the molecule is CCNC(=O)Nc1ccc2ncc(-c3cc(F)ccc3OC)nc2n1. The number of rotatable bonds is 4. The molecule has 2 aromatic heterocycles. The molecule has 0 spiro atoms. The fourth-order valence-corrected chi connectivity index (χ4v) is 2.30. The van der Waals surface area contributed by atoms with Crippen LogP contribution in [0.2, 0.25) is 0 Å². The van der Waals surface area contributed by atoms with Crippen LogP contribution in [0.15, 0.2) is 36.5 Å². The lowest BCUT2D eigenvalue weighted by Crippen LogP contribution is -2.28. The Morgan fingerprint density at radius 2 is 2.08 bits per heavy atom. The Labute approximate surface area is 143 Å². The second kappa shape index (κ2) is 7.08. The van der Waals surface area contributed by atoms with Gasteiger partial charge in [-0.15, -0.1) is 0 Å². The van der Waals surface area contributed by atoms with E-state index in [1.165, 1.54) is 31.5 Å². The van der Waals surface area contributed by atoms with Crippen LogP contribution < -0.4 is 15.4 Å². The van der Waals surface area contributed by atoms with E-state index in [0.717, 1.165) is 0 Å². The number of aromatic nitrogens is 3. The molecular formula is C17H16FN5O2. The molecule has 0 unspecified atom stereocenters. The molecule has 0 saturated heterocycles. The molecule has 0 aliphatic carbocycles. The first-order valence-electron chi connectivity index (χ1n) is 7.63. The number of urea groups is 1. The maximum Gasteiger partial charge on any atom is 0.320 e. The van der Waals surface area contributed by atoms with Crippen molar-refractivity contribution in [1.29, 1.82) is 0 Å². The van der Waals surface area contributed by atoms with Crippen molar-refractivity contribution in [3.05, 3.63) is 42.3 Å². The molecule has 0 radical (unpaired) electrons. The zero-order valence-electron chi connectivity index (χ0n) is 13.7. The summed E-state index contributed by atoms with van der Waals surface area (Å²) in [5.74, 6) is 0.417. The lowest BCUT2D eigenvalue weighted by atomic mass is 10.1. The summed E-state index contributed by atoms with van der Waals surface area (Å²) in [7, 11) is 1.50. The summed E-state index contributed by atoms with van der Waals surface area (Å²) in [6.07, 6.45) is 1.53. The highest BCUT2D eigenvalue weighted by Crippen LogP contribution is 2.29. The Kier molecular flexibility index (Phi) is 4.69. The number of ether oxygens (including phenoxy) is 1. The number of pyridine rings is 1. The number of carbonyl (C=O) groups is 1. The van der Waals surface area contributed by atoms with Crippen molar-refractivity contribution in [2.24, 2.45) is 0 Å². The summed E-state index contributed by atoms with van der Waals surface area (Å²) < 4.78 is 18.8. The largest absolute Gasteiger partial charge is 0.496 e. The topological polar surface area (TPSA) is 89.0 Å². The van der Waals surface area contributed by atoms with Crippen LogP contribution in [-0.2, 0) is 0 Å². The molecule has 2 amide bonds. The number of methoxy groups -OCH3 is 1. The van der Waals surface area contributed by atoms with Gasteiger partial charge in [0.1, 0.15) is 22.9 Å². The minimum atomic E-state index is -0.405. The molecule has 7 nitrogen and oxygen atoms in total. The number of amides is 2. The third-order valence-corrected chi connectivity index (χ3v) is 3.42. The van der Waals surface area contributed by atoms with E-state index in [9.17, 15) is 9.18 Å². The molecule has 0 fully saturated rings. The number of carbonyl (C=O) groups excluding carboxylic acids is 1. The van der Waals surface area contributed by atoms with Crippen molar-refractivity contribution in [3.8, 4) is 17.0 Å². The number of anilines is 1. The van der Waals surface area contributed by atoms with E-state index in [1.54, 1.807) is 12.1 Å². The minimum Gasteiger partial charge on any atom is -0.496 e. The Morgan fingerprint density at radius 1 is 1.24 bits per heavy atom. The van der Waals surface area contributed by atoms with Gasteiger partial charge < -0.3 is 10.1 Å². The monoisotopic (exact) mass is 341 g/mol. The summed E-state index contributed by atoms with van der Waals surface area (Å²) >= 11 is 0. The molecular weight excluding hydrogens is 325 g/mol. The second-order valence-corrected chi connectivity index (χ2v) is 5.12. The van der Waals surface area contributed by atoms with Gasteiger partial charge in [-0.2, -0.15) is 0 Å². The van der Waals surface area contributed by atoms with Crippen LogP contribution in [0.5, 0.6) is 5.75 Å². The predicted octanol–water partition coefficient (Wildman–Crippen LogP) is 2.98. The average molecular weight is 341 g/mol. The van der Waals surface area contributed by atoms with Crippen LogP contribution in [0.3, 0.4) is 0 Å². The highest BCUT2D eigenvalue weighted by Gasteiger charge is 2.11. The highest BCUT2D eigenvalue weighted by molar-refractivity contribution is 5.89. The quantitative estimate of drug-likeness (QED) is 0.761. The molecule has 2 N–H and O–H groups in total. The van der Waals surface area contributed by atoms with Crippen molar-refractivity contribution in [1.82, 2.24) is 20.3 Å². The Morgan fingerprint density at radius 3 is 2.84 bits per heavy atom. The molecule has 3 rings (SSSR count). The molecule has 0 bridgehead atoms. The Balaban J connectivity index is 2.01. The number of hydrogen-bond donors (Lipinski definition) is 2. The number of benzene rings is 1. The molecule has 0 saturated carbocycles. The standard InChI is InChI=1S/C17H16FN5O2/c1-3-19-17(24)23-15-7-5-12-16(22-15)21-13(9-20-12)11-8-10(18)4-6-14(11)25-2/h4-9H,3H2,1-2H3,(H2,19,21,22,23,24). The molecule has 2 heterocycles. The number of halogens is 1. The van der Waals surface area contributed by atoms with Crippen molar-refractivity contribution in [2.45, 2.75) is 6.92 Å². The molecule has 0 aliphatic rings. The summed E-state index contributed by atoms with van der Waals surface area (Å²) in [6.45, 7) is 2.32. The fraction of sp³-hybridized carbons (Fsp3) is 0.176. The lowest BCUT2D eigenvalue weighted by molar-refractivity contribution is 0.252. The van der Waals surface area contributed by atoms with Crippen LogP contribution in [0.4, 0.5) is 15.0 Å². The molecule has 8 heteroatoms. The van der Waals surface area contributed by atoms with Crippen LogP contribution in [0, 0.1) is 5.82 Å². The number of nitrogens with one attached hydrogen (secondary N) is 2. The average Bonchev–Trinajstić information content (AvgIpc) is 2.61. The number of fused-ring (bicyclic) bond motifs is 1. The van der Waals surface area contributed by atoms with E-state index < -0.39 is 5.82 Å². The first kappa shape index (κ1) is 16.6. The van der Waals surface area contributed by atoms with Gasteiger partial charge in [0.2, 0.25) is 0 Å². The van der Waals surface area contributed by atoms with Gasteiger partial charge in [0, 0.05) is 12.1 Å². The van der Waals surface area contributed by atoms with Crippen molar-refractivity contribution in [2.75, 3.05) is 19.0 Å². The van der Waals surface area contributed by atoms with Crippen molar-refractivity contribution in [3.63, 3.8) is 0 Å². The number of hydrogen-bond acceptors (Lipinski definition) is 5. The van der Waals surface area contributed by atoms with E-state index in [4.69, 9.17) is 4.74 Å². The van der Waals surface area contributed by atoms with E-state index in [0.29, 0.717) is 40.5 Å². The van der Waals surface area contributed by atoms with Gasteiger partial charge >= 0.3 is 6.03 Å².